The molecule has 0 radical (unpaired) electrons. The first-order valence-corrected chi connectivity index (χ1v) is 6.45. The first-order valence-electron chi connectivity index (χ1n) is 5.46. The van der Waals surface area contributed by atoms with Gasteiger partial charge >= 0.3 is 5.97 Å². The van der Waals surface area contributed by atoms with Gasteiger partial charge in [0.15, 0.2) is 11.6 Å². The molecular formula is C14H10F2O2S. The zero-order valence-corrected chi connectivity index (χ0v) is 10.6. The number of hydrogen-bond acceptors (Lipinski definition) is 2. The lowest BCUT2D eigenvalue weighted by Gasteiger charge is -2.03. The maximum Gasteiger partial charge on any atom is 0.335 e. The van der Waals surface area contributed by atoms with Crippen LogP contribution >= 0.6 is 11.8 Å². The molecular weight excluding hydrogens is 270 g/mol. The highest BCUT2D eigenvalue weighted by atomic mass is 32.2. The summed E-state index contributed by atoms with van der Waals surface area (Å²) in [6.45, 7) is 0. The highest BCUT2D eigenvalue weighted by molar-refractivity contribution is 7.98. The number of hydrogen-bond donors (Lipinski definition) is 1. The summed E-state index contributed by atoms with van der Waals surface area (Å²) in [5.74, 6) is -2.15. The highest BCUT2D eigenvalue weighted by Crippen LogP contribution is 2.24. The number of thioether (sulfide) groups is 1. The second kappa shape index (κ2) is 5.84. The Morgan fingerprint density at radius 1 is 1.05 bits per heavy atom. The maximum absolute atomic E-state index is 13.0. The Kier molecular flexibility index (Phi) is 4.16. The molecule has 2 aromatic carbocycles. The average Bonchev–Trinajstić information content (AvgIpc) is 2.40. The summed E-state index contributed by atoms with van der Waals surface area (Å²) in [4.78, 5) is 11.3. The predicted octanol–water partition coefficient (Wildman–Crippen LogP) is 3.96. The molecule has 2 rings (SSSR count). The lowest BCUT2D eigenvalue weighted by Crippen LogP contribution is -1.95. The van der Waals surface area contributed by atoms with Crippen molar-refractivity contribution < 1.29 is 18.7 Å². The number of halogens is 2. The molecule has 2 nitrogen and oxygen atoms in total. The standard InChI is InChI=1S/C14H10F2O2S/c15-12-6-5-11(7-13(12)16)19-8-9-1-3-10(4-2-9)14(17)18/h1-7H,8H2,(H,17,18). The van der Waals surface area contributed by atoms with Crippen molar-refractivity contribution in [2.45, 2.75) is 10.6 Å². The molecule has 5 heteroatoms. The van der Waals surface area contributed by atoms with Crippen molar-refractivity contribution >= 4 is 17.7 Å². The van der Waals surface area contributed by atoms with Crippen LogP contribution in [0.25, 0.3) is 0 Å². The van der Waals surface area contributed by atoms with Crippen molar-refractivity contribution in [3.8, 4) is 0 Å². The van der Waals surface area contributed by atoms with Crippen LogP contribution in [-0.2, 0) is 5.75 Å². The minimum atomic E-state index is -0.972. The van der Waals surface area contributed by atoms with Crippen LogP contribution in [0.3, 0.4) is 0 Å². The van der Waals surface area contributed by atoms with E-state index in [1.54, 1.807) is 12.1 Å². The van der Waals surface area contributed by atoms with Gasteiger partial charge in [0.1, 0.15) is 0 Å². The fraction of sp³-hybridized carbons (Fsp3) is 0.0714. The fourth-order valence-electron chi connectivity index (χ4n) is 1.48. The number of carboxylic acid groups (broad SMARTS) is 1. The molecule has 1 N–H and O–H groups in total. The number of benzene rings is 2. The third-order valence-electron chi connectivity index (χ3n) is 2.50. The van der Waals surface area contributed by atoms with Crippen LogP contribution in [0.4, 0.5) is 8.78 Å². The summed E-state index contributed by atoms with van der Waals surface area (Å²) < 4.78 is 25.7. The van der Waals surface area contributed by atoms with Crippen molar-refractivity contribution in [2.24, 2.45) is 0 Å². The Labute approximate surface area is 113 Å². The molecule has 0 bridgehead atoms. The largest absolute Gasteiger partial charge is 0.478 e. The van der Waals surface area contributed by atoms with Gasteiger partial charge in [0.2, 0.25) is 0 Å². The van der Waals surface area contributed by atoms with E-state index in [1.807, 2.05) is 0 Å². The fourth-order valence-corrected chi connectivity index (χ4v) is 2.35. The van der Waals surface area contributed by atoms with Crippen LogP contribution < -0.4 is 0 Å². The quantitative estimate of drug-likeness (QED) is 0.861. The minimum absolute atomic E-state index is 0.224. The number of carboxylic acids is 1. The molecule has 0 aliphatic carbocycles. The average molecular weight is 280 g/mol. The van der Waals surface area contributed by atoms with E-state index in [-0.39, 0.29) is 5.56 Å². The number of carbonyl (C=O) groups is 1. The van der Waals surface area contributed by atoms with Gasteiger partial charge < -0.3 is 5.11 Å². The van der Waals surface area contributed by atoms with Gasteiger partial charge in [-0.15, -0.1) is 11.8 Å². The van der Waals surface area contributed by atoms with Gasteiger partial charge in [-0.3, -0.25) is 0 Å². The highest BCUT2D eigenvalue weighted by Gasteiger charge is 2.05. The minimum Gasteiger partial charge on any atom is -0.478 e. The molecule has 0 aliphatic rings. The summed E-state index contributed by atoms with van der Waals surface area (Å²) in [7, 11) is 0. The van der Waals surface area contributed by atoms with E-state index in [0.29, 0.717) is 10.6 Å². The van der Waals surface area contributed by atoms with Gasteiger partial charge in [0.05, 0.1) is 5.56 Å². The molecule has 98 valence electrons. The molecule has 0 aliphatic heterocycles. The molecule has 0 fully saturated rings. The predicted molar refractivity (Wildman–Crippen MR) is 69.3 cm³/mol. The zero-order valence-electron chi connectivity index (χ0n) is 9.77. The van der Waals surface area contributed by atoms with Gasteiger partial charge in [0.25, 0.3) is 0 Å². The summed E-state index contributed by atoms with van der Waals surface area (Å²) >= 11 is 1.36. The van der Waals surface area contributed by atoms with Gasteiger partial charge in [0, 0.05) is 10.6 Å². The van der Waals surface area contributed by atoms with Gasteiger partial charge in [-0.2, -0.15) is 0 Å². The molecule has 0 heterocycles. The molecule has 0 amide bonds. The molecule has 0 unspecified atom stereocenters. The third kappa shape index (κ3) is 3.54. The Hall–Kier alpha value is -1.88. The van der Waals surface area contributed by atoms with Gasteiger partial charge in [-0.25, -0.2) is 13.6 Å². The van der Waals surface area contributed by atoms with Crippen LogP contribution in [0.2, 0.25) is 0 Å². The van der Waals surface area contributed by atoms with E-state index in [0.717, 1.165) is 17.7 Å². The first kappa shape index (κ1) is 13.5. The van der Waals surface area contributed by atoms with Crippen LogP contribution in [-0.4, -0.2) is 11.1 Å². The van der Waals surface area contributed by atoms with Crippen molar-refractivity contribution in [2.75, 3.05) is 0 Å². The summed E-state index contributed by atoms with van der Waals surface area (Å²) in [6, 6.07) is 10.2. The van der Waals surface area contributed by atoms with Crippen molar-refractivity contribution in [1.29, 1.82) is 0 Å². The summed E-state index contributed by atoms with van der Waals surface area (Å²) in [5.41, 5.74) is 1.14. The molecule has 0 saturated carbocycles. The SMILES string of the molecule is O=C(O)c1ccc(CSc2ccc(F)c(F)c2)cc1. The lowest BCUT2D eigenvalue weighted by molar-refractivity contribution is 0.0697. The number of aromatic carboxylic acids is 1. The van der Waals surface area contributed by atoms with Crippen LogP contribution in [0, 0.1) is 11.6 Å². The molecule has 0 saturated heterocycles. The summed E-state index contributed by atoms with van der Waals surface area (Å²) in [5, 5.41) is 8.76. The first-order chi connectivity index (χ1) is 9.06. The smallest absolute Gasteiger partial charge is 0.335 e. The van der Waals surface area contributed by atoms with E-state index in [9.17, 15) is 13.6 Å². The third-order valence-corrected chi connectivity index (χ3v) is 3.56. The topological polar surface area (TPSA) is 37.3 Å². The lowest BCUT2D eigenvalue weighted by atomic mass is 10.1. The van der Waals surface area contributed by atoms with E-state index < -0.39 is 17.6 Å². The summed E-state index contributed by atoms with van der Waals surface area (Å²) in [6.07, 6.45) is 0. The van der Waals surface area contributed by atoms with Crippen LogP contribution in [0.15, 0.2) is 47.4 Å². The van der Waals surface area contributed by atoms with E-state index in [2.05, 4.69) is 0 Å². The molecule has 2 aromatic rings. The second-order valence-electron chi connectivity index (χ2n) is 3.87. The van der Waals surface area contributed by atoms with Crippen molar-refractivity contribution in [3.05, 3.63) is 65.2 Å². The van der Waals surface area contributed by atoms with Gasteiger partial charge in [-0.1, -0.05) is 12.1 Å². The van der Waals surface area contributed by atoms with E-state index in [4.69, 9.17) is 5.11 Å². The van der Waals surface area contributed by atoms with Crippen LogP contribution in [0.5, 0.6) is 0 Å². The molecule has 0 aromatic heterocycles. The molecule has 0 spiro atoms. The Morgan fingerprint density at radius 2 is 1.74 bits per heavy atom. The monoisotopic (exact) mass is 280 g/mol. The normalized spacial score (nSPS) is 10.4. The molecule has 0 atom stereocenters. The van der Waals surface area contributed by atoms with E-state index in [1.165, 1.54) is 30.0 Å². The zero-order chi connectivity index (χ0) is 13.8. The van der Waals surface area contributed by atoms with Crippen molar-refractivity contribution in [3.63, 3.8) is 0 Å². The van der Waals surface area contributed by atoms with E-state index >= 15 is 0 Å². The van der Waals surface area contributed by atoms with Crippen molar-refractivity contribution in [1.82, 2.24) is 0 Å². The van der Waals surface area contributed by atoms with Crippen LogP contribution in [0.1, 0.15) is 15.9 Å². The Balaban J connectivity index is 2.01. The number of rotatable bonds is 4. The molecule has 19 heavy (non-hydrogen) atoms. The Bertz CT molecular complexity index is 597. The van der Waals surface area contributed by atoms with Gasteiger partial charge in [-0.05, 0) is 35.9 Å². The Morgan fingerprint density at radius 3 is 2.32 bits per heavy atom. The second-order valence-corrected chi connectivity index (χ2v) is 4.92. The maximum atomic E-state index is 13.0.